The maximum absolute atomic E-state index is 2.75. The third-order valence-corrected chi connectivity index (χ3v) is 3.78. The van der Waals surface area contributed by atoms with Crippen molar-refractivity contribution in [3.63, 3.8) is 0 Å². The van der Waals surface area contributed by atoms with Crippen molar-refractivity contribution in [3.8, 4) is 0 Å². The summed E-state index contributed by atoms with van der Waals surface area (Å²) in [5.41, 5.74) is 0. The first-order valence-corrected chi connectivity index (χ1v) is 6.88. The minimum atomic E-state index is 0.718. The highest BCUT2D eigenvalue weighted by Gasteiger charge is 2.23. The Morgan fingerprint density at radius 3 is 2.07 bits per heavy atom. The highest BCUT2D eigenvalue weighted by Crippen LogP contribution is 2.23. The van der Waals surface area contributed by atoms with Gasteiger partial charge in [0, 0.05) is 12.1 Å². The first-order valence-electron chi connectivity index (χ1n) is 6.88. The number of hydrogen-bond acceptors (Lipinski definition) is 1. The van der Waals surface area contributed by atoms with Crippen LogP contribution in [0.15, 0.2) is 0 Å². The van der Waals surface area contributed by atoms with E-state index < -0.39 is 0 Å². The minimum Gasteiger partial charge on any atom is -0.298 e. The molecule has 0 radical (unpaired) electrons. The van der Waals surface area contributed by atoms with Crippen molar-refractivity contribution in [2.24, 2.45) is 5.92 Å². The highest BCUT2D eigenvalue weighted by atomic mass is 15.2. The molecule has 0 aromatic rings. The summed E-state index contributed by atoms with van der Waals surface area (Å²) < 4.78 is 0. The molecule has 0 amide bonds. The van der Waals surface area contributed by atoms with Crippen LogP contribution in [-0.2, 0) is 0 Å². The van der Waals surface area contributed by atoms with Crippen molar-refractivity contribution in [3.05, 3.63) is 0 Å². The molecule has 0 N–H and O–H groups in total. The Kier molecular flexibility index (Phi) is 5.66. The van der Waals surface area contributed by atoms with E-state index in [0.29, 0.717) is 0 Å². The van der Waals surface area contributed by atoms with Gasteiger partial charge in [0.15, 0.2) is 0 Å². The van der Waals surface area contributed by atoms with Crippen LogP contribution < -0.4 is 0 Å². The summed E-state index contributed by atoms with van der Waals surface area (Å²) in [5.74, 6) is 0.811. The first kappa shape index (κ1) is 13.0. The molecule has 1 saturated heterocycles. The largest absolute Gasteiger partial charge is 0.298 e. The molecule has 1 nitrogen and oxygen atoms in total. The lowest BCUT2D eigenvalue weighted by molar-refractivity contribution is 0.110. The van der Waals surface area contributed by atoms with Crippen molar-refractivity contribution in [2.75, 3.05) is 6.54 Å². The lowest BCUT2D eigenvalue weighted by Gasteiger charge is -2.37. The van der Waals surface area contributed by atoms with Gasteiger partial charge in [-0.3, -0.25) is 4.90 Å². The third-order valence-electron chi connectivity index (χ3n) is 3.78. The van der Waals surface area contributed by atoms with Crippen LogP contribution in [0.5, 0.6) is 0 Å². The minimum absolute atomic E-state index is 0.718. The Hall–Kier alpha value is -0.0400. The van der Waals surface area contributed by atoms with Crippen LogP contribution in [0, 0.1) is 5.92 Å². The summed E-state index contributed by atoms with van der Waals surface area (Å²) in [7, 11) is 0. The van der Waals surface area contributed by atoms with Crippen molar-refractivity contribution in [1.82, 2.24) is 4.90 Å². The van der Waals surface area contributed by atoms with Crippen molar-refractivity contribution < 1.29 is 0 Å². The van der Waals surface area contributed by atoms with E-state index in [0.717, 1.165) is 18.0 Å². The van der Waals surface area contributed by atoms with Crippen molar-refractivity contribution >= 4 is 0 Å². The number of hydrogen-bond donors (Lipinski definition) is 0. The Labute approximate surface area is 96.2 Å². The van der Waals surface area contributed by atoms with Crippen molar-refractivity contribution in [2.45, 2.75) is 78.3 Å². The topological polar surface area (TPSA) is 3.24 Å². The van der Waals surface area contributed by atoms with Crippen LogP contribution in [0.3, 0.4) is 0 Å². The van der Waals surface area contributed by atoms with Gasteiger partial charge in [0.25, 0.3) is 0 Å². The average molecular weight is 211 g/mol. The average Bonchev–Trinajstić information content (AvgIpc) is 2.27. The van der Waals surface area contributed by atoms with Gasteiger partial charge in [-0.25, -0.2) is 0 Å². The van der Waals surface area contributed by atoms with Crippen LogP contribution in [-0.4, -0.2) is 23.5 Å². The quantitative estimate of drug-likeness (QED) is 0.665. The van der Waals surface area contributed by atoms with E-state index in [4.69, 9.17) is 0 Å². The molecular formula is C14H29N. The highest BCUT2D eigenvalue weighted by molar-refractivity contribution is 4.78. The maximum atomic E-state index is 2.75. The summed E-state index contributed by atoms with van der Waals surface area (Å²) in [5, 5.41) is 0. The van der Waals surface area contributed by atoms with E-state index in [-0.39, 0.29) is 0 Å². The Bertz CT molecular complexity index is 145. The Morgan fingerprint density at radius 2 is 1.47 bits per heavy atom. The van der Waals surface area contributed by atoms with Gasteiger partial charge in [0.2, 0.25) is 0 Å². The monoisotopic (exact) mass is 211 g/mol. The van der Waals surface area contributed by atoms with Crippen LogP contribution in [0.1, 0.15) is 66.2 Å². The van der Waals surface area contributed by atoms with Gasteiger partial charge < -0.3 is 0 Å². The molecule has 1 aliphatic heterocycles. The zero-order valence-corrected chi connectivity index (χ0v) is 11.1. The van der Waals surface area contributed by atoms with E-state index in [1.54, 1.807) is 0 Å². The summed E-state index contributed by atoms with van der Waals surface area (Å²) in [4.78, 5) is 2.75. The Morgan fingerprint density at radius 1 is 0.867 bits per heavy atom. The molecule has 1 aliphatic rings. The van der Waals surface area contributed by atoms with Crippen LogP contribution in [0.2, 0.25) is 0 Å². The normalized spacial score (nSPS) is 26.4. The van der Waals surface area contributed by atoms with Gasteiger partial charge in [0.05, 0.1) is 0 Å². The molecule has 1 heteroatoms. The molecule has 0 bridgehead atoms. The molecule has 0 saturated carbocycles. The van der Waals surface area contributed by atoms with Crippen LogP contribution in [0.25, 0.3) is 0 Å². The smallest absolute Gasteiger partial charge is 0.0121 e. The molecule has 1 rings (SSSR count). The molecule has 15 heavy (non-hydrogen) atoms. The molecule has 0 aromatic carbocycles. The predicted molar refractivity (Wildman–Crippen MR) is 68.2 cm³/mol. The maximum Gasteiger partial charge on any atom is 0.0121 e. The van der Waals surface area contributed by atoms with E-state index in [9.17, 15) is 0 Å². The van der Waals surface area contributed by atoms with Crippen molar-refractivity contribution in [1.29, 1.82) is 0 Å². The molecule has 1 fully saturated rings. The molecule has 1 heterocycles. The first-order chi connectivity index (χ1) is 7.13. The van der Waals surface area contributed by atoms with Crippen LogP contribution in [0.4, 0.5) is 0 Å². The van der Waals surface area contributed by atoms with Gasteiger partial charge in [-0.1, -0.05) is 39.5 Å². The molecule has 1 atom stereocenters. The fourth-order valence-electron chi connectivity index (χ4n) is 2.87. The lowest BCUT2D eigenvalue weighted by atomic mass is 9.95. The van der Waals surface area contributed by atoms with Gasteiger partial charge in [0.1, 0.15) is 0 Å². The molecule has 0 spiro atoms. The van der Waals surface area contributed by atoms with E-state index in [1.165, 1.54) is 45.1 Å². The van der Waals surface area contributed by atoms with E-state index in [2.05, 4.69) is 32.6 Å². The summed E-state index contributed by atoms with van der Waals surface area (Å²) in [6.07, 6.45) is 8.60. The number of nitrogens with zero attached hydrogens (tertiary/aromatic N) is 1. The van der Waals surface area contributed by atoms with E-state index in [1.807, 2.05) is 0 Å². The predicted octanol–water partition coefficient (Wildman–Crippen LogP) is 4.08. The summed E-state index contributed by atoms with van der Waals surface area (Å²) >= 11 is 0. The zero-order chi connectivity index (χ0) is 11.3. The third kappa shape index (κ3) is 4.14. The Balaban J connectivity index is 2.63. The fourth-order valence-corrected chi connectivity index (χ4v) is 2.87. The summed E-state index contributed by atoms with van der Waals surface area (Å²) in [6.45, 7) is 10.8. The molecule has 1 unspecified atom stereocenters. The molecule has 0 aromatic heterocycles. The standard InChI is InChI=1S/C14H29N/c1-12(2)14-10-8-6-5-7-9-11-15(14)13(3)4/h12-14H,5-11H2,1-4H3. The molecule has 90 valence electrons. The summed E-state index contributed by atoms with van der Waals surface area (Å²) in [6, 6.07) is 1.54. The molecule has 0 aliphatic carbocycles. The van der Waals surface area contributed by atoms with Gasteiger partial charge in [-0.2, -0.15) is 0 Å². The van der Waals surface area contributed by atoms with Gasteiger partial charge >= 0.3 is 0 Å². The van der Waals surface area contributed by atoms with E-state index >= 15 is 0 Å². The van der Waals surface area contributed by atoms with Gasteiger partial charge in [-0.15, -0.1) is 0 Å². The lowest BCUT2D eigenvalue weighted by Crippen LogP contribution is -2.43. The zero-order valence-electron chi connectivity index (χ0n) is 11.1. The second-order valence-corrected chi connectivity index (χ2v) is 5.70. The second-order valence-electron chi connectivity index (χ2n) is 5.70. The second kappa shape index (κ2) is 6.52. The SMILES string of the molecule is CC(C)C1CCCCCCCN1C(C)C. The van der Waals surface area contributed by atoms with Crippen LogP contribution >= 0.6 is 0 Å². The number of rotatable bonds is 2. The molecular weight excluding hydrogens is 182 g/mol. The van der Waals surface area contributed by atoms with Gasteiger partial charge in [-0.05, 0) is 39.2 Å². The fraction of sp³-hybridized carbons (Fsp3) is 1.00.